The zero-order chi connectivity index (χ0) is 14.8. The molecule has 20 heavy (non-hydrogen) atoms. The van der Waals surface area contributed by atoms with Crippen LogP contribution in [-0.2, 0) is 16.0 Å². The van der Waals surface area contributed by atoms with Gasteiger partial charge in [-0.25, -0.2) is 0 Å². The molecule has 1 aromatic carbocycles. The molecule has 0 aliphatic rings. The summed E-state index contributed by atoms with van der Waals surface area (Å²) in [7, 11) is 1.68. The SMILES string of the molecule is COC[C@H](C)[NH2+]CC(=O)N[C@@H](C)CCc1ccccc1. The molecule has 0 heterocycles. The standard InChI is InChI=1S/C16H26N2O2/c1-13(9-10-15-7-5-4-6-8-15)18-16(19)11-17-14(2)12-20-3/h4-8,13-14,17H,9-12H2,1-3H3,(H,18,19)/p+1/t13-,14-/m0/s1. The summed E-state index contributed by atoms with van der Waals surface area (Å²) < 4.78 is 5.04. The number of hydrogen-bond acceptors (Lipinski definition) is 2. The Hall–Kier alpha value is -1.39. The minimum absolute atomic E-state index is 0.0912. The van der Waals surface area contributed by atoms with Gasteiger partial charge in [0.25, 0.3) is 5.91 Å². The number of nitrogens with one attached hydrogen (secondary N) is 1. The summed E-state index contributed by atoms with van der Waals surface area (Å²) in [6.45, 7) is 5.23. The Bertz CT molecular complexity index is 381. The predicted molar refractivity (Wildman–Crippen MR) is 80.5 cm³/mol. The fraction of sp³-hybridized carbons (Fsp3) is 0.562. The second-order valence-corrected chi connectivity index (χ2v) is 5.37. The summed E-state index contributed by atoms with van der Waals surface area (Å²) in [5.41, 5.74) is 1.31. The lowest BCUT2D eigenvalue weighted by Gasteiger charge is -2.14. The predicted octanol–water partition coefficient (Wildman–Crippen LogP) is 0.722. The van der Waals surface area contributed by atoms with Gasteiger partial charge in [0.2, 0.25) is 0 Å². The van der Waals surface area contributed by atoms with Crippen LogP contribution in [0.2, 0.25) is 0 Å². The molecule has 1 rings (SSSR count). The van der Waals surface area contributed by atoms with Crippen LogP contribution in [0.1, 0.15) is 25.8 Å². The Morgan fingerprint density at radius 2 is 2.00 bits per heavy atom. The van der Waals surface area contributed by atoms with Crippen molar-refractivity contribution in [3.63, 3.8) is 0 Å². The summed E-state index contributed by atoms with van der Waals surface area (Å²) in [6.07, 6.45) is 1.95. The third-order valence-electron chi connectivity index (χ3n) is 3.25. The maximum atomic E-state index is 11.8. The molecule has 0 aromatic heterocycles. The summed E-state index contributed by atoms with van der Waals surface area (Å²) in [4.78, 5) is 11.8. The van der Waals surface area contributed by atoms with Crippen LogP contribution < -0.4 is 10.6 Å². The number of carbonyl (C=O) groups excluding carboxylic acids is 1. The van der Waals surface area contributed by atoms with Gasteiger partial charge in [-0.2, -0.15) is 0 Å². The molecule has 0 aliphatic carbocycles. The number of carbonyl (C=O) groups is 1. The van der Waals surface area contributed by atoms with E-state index in [1.165, 1.54) is 5.56 Å². The van der Waals surface area contributed by atoms with Crippen molar-refractivity contribution in [1.29, 1.82) is 0 Å². The van der Waals surface area contributed by atoms with E-state index in [1.54, 1.807) is 7.11 Å². The molecular weight excluding hydrogens is 252 g/mol. The Balaban J connectivity index is 2.18. The number of amides is 1. The molecule has 0 aliphatic heterocycles. The average Bonchev–Trinajstić information content (AvgIpc) is 2.44. The summed E-state index contributed by atoms with van der Waals surface area (Å²) >= 11 is 0. The third kappa shape index (κ3) is 7.26. The van der Waals surface area contributed by atoms with E-state index in [2.05, 4.69) is 31.3 Å². The highest BCUT2D eigenvalue weighted by Gasteiger charge is 2.11. The monoisotopic (exact) mass is 279 g/mol. The molecule has 0 unspecified atom stereocenters. The molecule has 0 fully saturated rings. The van der Waals surface area contributed by atoms with Crippen LogP contribution >= 0.6 is 0 Å². The number of hydrogen-bond donors (Lipinski definition) is 2. The van der Waals surface area contributed by atoms with E-state index in [0.29, 0.717) is 19.2 Å². The molecule has 1 amide bonds. The first-order chi connectivity index (χ1) is 9.61. The molecule has 0 saturated carbocycles. The van der Waals surface area contributed by atoms with Crippen molar-refractivity contribution in [2.45, 2.75) is 38.8 Å². The van der Waals surface area contributed by atoms with E-state index in [0.717, 1.165) is 12.8 Å². The van der Waals surface area contributed by atoms with Crippen LogP contribution in [0.4, 0.5) is 0 Å². The summed E-state index contributed by atoms with van der Waals surface area (Å²) in [5, 5.41) is 5.04. The molecule has 0 spiro atoms. The van der Waals surface area contributed by atoms with E-state index >= 15 is 0 Å². The molecule has 0 radical (unpaired) electrons. The van der Waals surface area contributed by atoms with Crippen LogP contribution in [0.15, 0.2) is 30.3 Å². The molecular formula is C16H27N2O2+. The zero-order valence-electron chi connectivity index (χ0n) is 12.8. The Morgan fingerprint density at radius 3 is 2.65 bits per heavy atom. The maximum absolute atomic E-state index is 11.8. The smallest absolute Gasteiger partial charge is 0.275 e. The van der Waals surface area contributed by atoms with E-state index in [1.807, 2.05) is 23.5 Å². The zero-order valence-corrected chi connectivity index (χ0v) is 12.8. The van der Waals surface area contributed by atoms with Crippen molar-refractivity contribution < 1.29 is 14.8 Å². The molecule has 0 bridgehead atoms. The van der Waals surface area contributed by atoms with Gasteiger partial charge in [-0.1, -0.05) is 30.3 Å². The van der Waals surface area contributed by atoms with Crippen molar-refractivity contribution in [3.8, 4) is 0 Å². The highest BCUT2D eigenvalue weighted by Crippen LogP contribution is 2.04. The second kappa shape index (κ2) is 9.50. The van der Waals surface area contributed by atoms with Crippen LogP contribution in [0.3, 0.4) is 0 Å². The fourth-order valence-corrected chi connectivity index (χ4v) is 2.07. The largest absolute Gasteiger partial charge is 0.379 e. The normalized spacial score (nSPS) is 13.8. The first-order valence-electron chi connectivity index (χ1n) is 7.27. The first kappa shape index (κ1) is 16.7. The van der Waals surface area contributed by atoms with Crippen molar-refractivity contribution in [1.82, 2.24) is 5.32 Å². The molecule has 4 nitrogen and oxygen atoms in total. The van der Waals surface area contributed by atoms with E-state index in [-0.39, 0.29) is 11.9 Å². The number of nitrogens with two attached hydrogens (primary N) is 1. The van der Waals surface area contributed by atoms with Gasteiger partial charge in [0.1, 0.15) is 6.04 Å². The molecule has 0 saturated heterocycles. The van der Waals surface area contributed by atoms with Gasteiger partial charge in [-0.3, -0.25) is 4.79 Å². The van der Waals surface area contributed by atoms with Crippen molar-refractivity contribution in [3.05, 3.63) is 35.9 Å². The molecule has 4 heteroatoms. The van der Waals surface area contributed by atoms with Gasteiger partial charge < -0.3 is 15.4 Å². The minimum Gasteiger partial charge on any atom is -0.379 e. The third-order valence-corrected chi connectivity index (χ3v) is 3.25. The van der Waals surface area contributed by atoms with E-state index in [4.69, 9.17) is 4.74 Å². The highest BCUT2D eigenvalue weighted by atomic mass is 16.5. The summed E-state index contributed by atoms with van der Waals surface area (Å²) in [5.74, 6) is 0.0912. The summed E-state index contributed by atoms with van der Waals surface area (Å²) in [6, 6.07) is 10.9. The highest BCUT2D eigenvalue weighted by molar-refractivity contribution is 5.76. The van der Waals surface area contributed by atoms with E-state index < -0.39 is 0 Å². The lowest BCUT2D eigenvalue weighted by molar-refractivity contribution is -0.677. The van der Waals surface area contributed by atoms with Gasteiger partial charge >= 0.3 is 0 Å². The minimum atomic E-state index is 0.0912. The van der Waals surface area contributed by atoms with Gasteiger partial charge in [0.05, 0.1) is 6.61 Å². The first-order valence-corrected chi connectivity index (χ1v) is 7.27. The Morgan fingerprint density at radius 1 is 1.30 bits per heavy atom. The quantitative estimate of drug-likeness (QED) is 0.700. The van der Waals surface area contributed by atoms with Gasteiger partial charge in [-0.15, -0.1) is 0 Å². The average molecular weight is 279 g/mol. The van der Waals surface area contributed by atoms with Crippen molar-refractivity contribution in [2.24, 2.45) is 0 Å². The number of benzene rings is 1. The van der Waals surface area contributed by atoms with E-state index in [9.17, 15) is 4.79 Å². The maximum Gasteiger partial charge on any atom is 0.275 e. The molecule has 112 valence electrons. The van der Waals surface area contributed by atoms with Gasteiger partial charge in [0.15, 0.2) is 6.54 Å². The molecule has 1 aromatic rings. The van der Waals surface area contributed by atoms with Gasteiger partial charge in [0, 0.05) is 13.2 Å². The Labute approximate surface area is 121 Å². The fourth-order valence-electron chi connectivity index (χ4n) is 2.07. The van der Waals surface area contributed by atoms with Crippen LogP contribution in [0.25, 0.3) is 0 Å². The Kier molecular flexibility index (Phi) is 7.92. The number of aryl methyl sites for hydroxylation is 1. The van der Waals surface area contributed by atoms with Crippen LogP contribution in [0.5, 0.6) is 0 Å². The number of methoxy groups -OCH3 is 1. The van der Waals surface area contributed by atoms with Crippen molar-refractivity contribution in [2.75, 3.05) is 20.3 Å². The number of quaternary nitrogens is 1. The van der Waals surface area contributed by atoms with Crippen LogP contribution in [0, 0.1) is 0 Å². The number of ether oxygens (including phenoxy) is 1. The number of rotatable bonds is 9. The second-order valence-electron chi connectivity index (χ2n) is 5.37. The lowest BCUT2D eigenvalue weighted by atomic mass is 10.1. The molecule has 3 N–H and O–H groups in total. The van der Waals surface area contributed by atoms with Gasteiger partial charge in [-0.05, 0) is 32.3 Å². The van der Waals surface area contributed by atoms with Crippen molar-refractivity contribution >= 4 is 5.91 Å². The lowest BCUT2D eigenvalue weighted by Crippen LogP contribution is -2.92. The van der Waals surface area contributed by atoms with Crippen LogP contribution in [-0.4, -0.2) is 38.3 Å². The topological polar surface area (TPSA) is 54.9 Å². The molecule has 2 atom stereocenters.